The molecule has 4 aromatic carbocycles. The van der Waals surface area contributed by atoms with E-state index in [9.17, 15) is 9.46 Å². The quantitative estimate of drug-likeness (QED) is 0.136. The summed E-state index contributed by atoms with van der Waals surface area (Å²) >= 11 is 0. The molecule has 0 fully saturated rings. The second-order valence-electron chi connectivity index (χ2n) is 9.98. The van der Waals surface area contributed by atoms with E-state index in [0.29, 0.717) is 0 Å². The van der Waals surface area contributed by atoms with E-state index >= 15 is 0 Å². The molecule has 10 heteroatoms. The van der Waals surface area contributed by atoms with E-state index in [1.165, 1.54) is 0 Å². The van der Waals surface area contributed by atoms with Crippen LogP contribution in [0.3, 0.4) is 0 Å². The van der Waals surface area contributed by atoms with Gasteiger partial charge in [-0.25, -0.2) is 4.57 Å². The number of phosphoric acid groups is 1. The van der Waals surface area contributed by atoms with Gasteiger partial charge in [0.25, 0.3) is 0 Å². The SMILES string of the molecule is COc1ccc(CCCc2ccc(OP(=O)([O-])Oc3ccc(CCCc4ccc(OC)cc4OC)cc3)cc2)c(OC)c1.[Na+]. The third kappa shape index (κ3) is 10.5. The second kappa shape index (κ2) is 17.4. The van der Waals surface area contributed by atoms with Crippen LogP contribution in [0, 0.1) is 0 Å². The predicted molar refractivity (Wildman–Crippen MR) is 165 cm³/mol. The molecule has 0 atom stereocenters. The molecule has 0 aromatic heterocycles. The van der Waals surface area contributed by atoms with E-state index < -0.39 is 7.82 Å². The smallest absolute Gasteiger partial charge is 0.736 e. The van der Waals surface area contributed by atoms with Gasteiger partial charge in [-0.05, 0) is 97.2 Å². The van der Waals surface area contributed by atoms with Crippen LogP contribution in [0.4, 0.5) is 0 Å². The first-order valence-corrected chi connectivity index (χ1v) is 15.6. The van der Waals surface area contributed by atoms with Crippen LogP contribution >= 0.6 is 7.82 Å². The van der Waals surface area contributed by atoms with Crippen LogP contribution in [0.15, 0.2) is 84.9 Å². The molecular formula is C34H38NaO8P. The molecule has 44 heavy (non-hydrogen) atoms. The van der Waals surface area contributed by atoms with Crippen LogP contribution in [-0.2, 0) is 30.2 Å². The van der Waals surface area contributed by atoms with E-state index in [1.54, 1.807) is 52.7 Å². The topological polar surface area (TPSA) is 95.5 Å². The Bertz CT molecular complexity index is 1400. The second-order valence-corrected chi connectivity index (χ2v) is 11.2. The molecule has 0 bridgehead atoms. The summed E-state index contributed by atoms with van der Waals surface area (Å²) < 4.78 is 44.4. The largest absolute Gasteiger partial charge is 1.00 e. The summed E-state index contributed by atoms with van der Waals surface area (Å²) in [5.74, 6) is 3.51. The maximum absolute atomic E-state index is 12.6. The average molecular weight is 629 g/mol. The van der Waals surface area contributed by atoms with Crippen LogP contribution in [-0.4, -0.2) is 28.4 Å². The number of rotatable bonds is 16. The van der Waals surface area contributed by atoms with E-state index in [2.05, 4.69) is 0 Å². The van der Waals surface area contributed by atoms with Crippen molar-refractivity contribution >= 4 is 7.82 Å². The fourth-order valence-electron chi connectivity index (χ4n) is 4.79. The maximum atomic E-state index is 12.6. The Hall–Kier alpha value is -3.13. The molecule has 4 aromatic rings. The molecule has 8 nitrogen and oxygen atoms in total. The fourth-order valence-corrected chi connectivity index (χ4v) is 5.59. The zero-order valence-corrected chi connectivity index (χ0v) is 28.9. The first-order valence-electron chi connectivity index (χ1n) is 14.1. The van der Waals surface area contributed by atoms with Gasteiger partial charge in [0.1, 0.15) is 34.5 Å². The number of ether oxygens (including phenoxy) is 4. The van der Waals surface area contributed by atoms with Crippen LogP contribution in [0.2, 0.25) is 0 Å². The molecule has 0 aliphatic rings. The predicted octanol–water partition coefficient (Wildman–Crippen LogP) is 4.00. The molecule has 0 spiro atoms. The average Bonchev–Trinajstić information content (AvgIpc) is 3.02. The Balaban J connectivity index is 0.00000529. The van der Waals surface area contributed by atoms with E-state index in [-0.39, 0.29) is 41.1 Å². The minimum atomic E-state index is -4.62. The summed E-state index contributed by atoms with van der Waals surface area (Å²) in [6, 6.07) is 25.6. The monoisotopic (exact) mass is 628 g/mol. The van der Waals surface area contributed by atoms with Gasteiger partial charge in [-0.2, -0.15) is 0 Å². The van der Waals surface area contributed by atoms with Gasteiger partial charge < -0.3 is 32.9 Å². The first kappa shape index (κ1) is 35.4. The molecule has 228 valence electrons. The molecule has 0 aliphatic carbocycles. The Labute approximate surface area is 282 Å². The minimum absolute atomic E-state index is 0. The Kier molecular flexibility index (Phi) is 14.0. The first-order chi connectivity index (χ1) is 20.8. The minimum Gasteiger partial charge on any atom is -0.736 e. The van der Waals surface area contributed by atoms with Gasteiger partial charge in [-0.1, -0.05) is 36.4 Å². The van der Waals surface area contributed by atoms with Crippen molar-refractivity contribution < 1.29 is 67.0 Å². The van der Waals surface area contributed by atoms with Gasteiger partial charge in [0.15, 0.2) is 0 Å². The summed E-state index contributed by atoms with van der Waals surface area (Å²) in [6.07, 6.45) is 5.12. The summed E-state index contributed by atoms with van der Waals surface area (Å²) in [5.41, 5.74) is 4.36. The van der Waals surface area contributed by atoms with E-state index in [4.69, 9.17) is 28.0 Å². The van der Waals surface area contributed by atoms with Gasteiger partial charge in [0, 0.05) is 12.1 Å². The molecule has 0 saturated carbocycles. The van der Waals surface area contributed by atoms with Gasteiger partial charge in [0.05, 0.1) is 28.4 Å². The zero-order valence-electron chi connectivity index (χ0n) is 26.0. The Morgan fingerprint density at radius 1 is 0.523 bits per heavy atom. The molecule has 0 heterocycles. The van der Waals surface area contributed by atoms with Crippen LogP contribution < -0.4 is 62.4 Å². The van der Waals surface area contributed by atoms with Crippen LogP contribution in [0.5, 0.6) is 34.5 Å². The van der Waals surface area contributed by atoms with Crippen molar-refractivity contribution in [3.05, 3.63) is 107 Å². The van der Waals surface area contributed by atoms with Crippen molar-refractivity contribution in [1.82, 2.24) is 0 Å². The number of phosphoric ester groups is 1. The van der Waals surface area contributed by atoms with Gasteiger partial charge in [-0.3, -0.25) is 0 Å². The molecule has 0 unspecified atom stereocenters. The standard InChI is InChI=1S/C34H39O8P.Na/c1-37-31-21-15-27(33(23-31)39-3)9-5-7-25-11-17-29(18-12-25)41-43(35,36)42-30-19-13-26(14-20-30)8-6-10-28-16-22-32(38-2)24-34(28)40-4;/h11-24H,5-10H2,1-4H3,(H,35,36);/q;+1/p-1. The van der Waals surface area contributed by atoms with Crippen molar-refractivity contribution in [2.45, 2.75) is 38.5 Å². The number of benzene rings is 4. The third-order valence-corrected chi connectivity index (χ3v) is 7.96. The molecule has 4 rings (SSSR count). The summed E-state index contributed by atoms with van der Waals surface area (Å²) in [5, 5.41) is 0. The van der Waals surface area contributed by atoms with Crippen molar-refractivity contribution in [2.24, 2.45) is 0 Å². The summed E-state index contributed by atoms with van der Waals surface area (Å²) in [7, 11) is 1.93. The molecule has 0 saturated heterocycles. The molecular weight excluding hydrogens is 590 g/mol. The van der Waals surface area contributed by atoms with Gasteiger partial charge >= 0.3 is 37.4 Å². The van der Waals surface area contributed by atoms with Crippen molar-refractivity contribution in [2.75, 3.05) is 28.4 Å². The normalized spacial score (nSPS) is 10.8. The number of hydrogen-bond acceptors (Lipinski definition) is 8. The molecule has 0 amide bonds. The van der Waals surface area contributed by atoms with Crippen molar-refractivity contribution in [3.8, 4) is 34.5 Å². The van der Waals surface area contributed by atoms with E-state index in [0.717, 1.165) is 83.8 Å². The number of aryl methyl sites for hydroxylation is 4. The van der Waals surface area contributed by atoms with Crippen LogP contribution in [0.25, 0.3) is 0 Å². The summed E-state index contributed by atoms with van der Waals surface area (Å²) in [4.78, 5) is 12.6. The van der Waals surface area contributed by atoms with Gasteiger partial charge in [0.2, 0.25) is 0 Å². The zero-order chi connectivity index (χ0) is 30.7. The van der Waals surface area contributed by atoms with E-state index in [1.807, 2.05) is 60.7 Å². The molecule has 0 N–H and O–H groups in total. The van der Waals surface area contributed by atoms with Gasteiger partial charge in [-0.15, -0.1) is 0 Å². The Morgan fingerprint density at radius 2 is 0.886 bits per heavy atom. The summed E-state index contributed by atoms with van der Waals surface area (Å²) in [6.45, 7) is 0. The third-order valence-electron chi connectivity index (χ3n) is 7.09. The van der Waals surface area contributed by atoms with Crippen molar-refractivity contribution in [1.29, 1.82) is 0 Å². The number of methoxy groups -OCH3 is 4. The molecule has 0 radical (unpaired) electrons. The molecule has 0 aliphatic heterocycles. The Morgan fingerprint density at radius 3 is 1.23 bits per heavy atom. The fraction of sp³-hybridized carbons (Fsp3) is 0.294. The number of hydrogen-bond donors (Lipinski definition) is 0. The van der Waals surface area contributed by atoms with Crippen molar-refractivity contribution in [3.63, 3.8) is 0 Å². The van der Waals surface area contributed by atoms with Crippen LogP contribution in [0.1, 0.15) is 35.1 Å². The maximum Gasteiger partial charge on any atom is 1.00 e.